The van der Waals surface area contributed by atoms with E-state index in [0.29, 0.717) is 18.8 Å². The molecule has 2 aromatic heterocycles. The highest BCUT2D eigenvalue weighted by Crippen LogP contribution is 2.16. The molecule has 0 bridgehead atoms. The minimum atomic E-state index is 0.557. The molecule has 0 aliphatic rings. The number of hydrogen-bond donors (Lipinski definition) is 1. The third-order valence-electron chi connectivity index (χ3n) is 2.73. The van der Waals surface area contributed by atoms with Crippen LogP contribution < -0.4 is 10.5 Å². The topological polar surface area (TPSA) is 65.4 Å². The lowest BCUT2D eigenvalue weighted by atomic mass is 10.2. The second-order valence-corrected chi connectivity index (χ2v) is 5.13. The summed E-state index contributed by atoms with van der Waals surface area (Å²) in [6.07, 6.45) is 0.668. The number of hydrogen-bond acceptors (Lipinski definition) is 5. The second kappa shape index (κ2) is 4.89. The highest BCUT2D eigenvalue weighted by molar-refractivity contribution is 7.15. The van der Waals surface area contributed by atoms with Gasteiger partial charge in [0.05, 0.1) is 6.61 Å². The fraction of sp³-hybridized carbons (Fsp3) is 0.231. The summed E-state index contributed by atoms with van der Waals surface area (Å²) in [7, 11) is 0. The number of nitrogens with zero attached hydrogens (tertiary/aromatic N) is 3. The molecular weight excluding hydrogens is 260 g/mol. The van der Waals surface area contributed by atoms with Crippen molar-refractivity contribution in [3.8, 4) is 5.75 Å². The Morgan fingerprint density at radius 3 is 3.11 bits per heavy atom. The SMILES string of the molecule is Cc1cccc(OCCc2nc3scc(N)n3n2)c1. The summed E-state index contributed by atoms with van der Waals surface area (Å²) < 4.78 is 7.34. The minimum Gasteiger partial charge on any atom is -0.493 e. The van der Waals surface area contributed by atoms with E-state index in [1.807, 2.05) is 36.6 Å². The third kappa shape index (κ3) is 2.53. The summed E-state index contributed by atoms with van der Waals surface area (Å²) in [5.74, 6) is 2.25. The van der Waals surface area contributed by atoms with Crippen LogP contribution >= 0.6 is 11.3 Å². The second-order valence-electron chi connectivity index (χ2n) is 4.30. The van der Waals surface area contributed by atoms with Crippen molar-refractivity contribution in [1.29, 1.82) is 0 Å². The van der Waals surface area contributed by atoms with Crippen molar-refractivity contribution in [2.75, 3.05) is 12.3 Å². The zero-order valence-corrected chi connectivity index (χ0v) is 11.4. The lowest BCUT2D eigenvalue weighted by Crippen LogP contribution is -2.03. The lowest BCUT2D eigenvalue weighted by Gasteiger charge is -2.04. The average molecular weight is 274 g/mol. The Morgan fingerprint density at radius 1 is 1.42 bits per heavy atom. The molecule has 3 rings (SSSR count). The monoisotopic (exact) mass is 274 g/mol. The Labute approximate surface area is 114 Å². The lowest BCUT2D eigenvalue weighted by molar-refractivity contribution is 0.319. The Bertz CT molecular complexity index is 704. The number of benzene rings is 1. The van der Waals surface area contributed by atoms with Gasteiger partial charge in [-0.15, -0.1) is 16.4 Å². The Hall–Kier alpha value is -2.08. The van der Waals surface area contributed by atoms with Gasteiger partial charge in [-0.25, -0.2) is 4.98 Å². The van der Waals surface area contributed by atoms with Crippen molar-refractivity contribution in [2.24, 2.45) is 0 Å². The number of aromatic nitrogens is 3. The number of nitrogen functional groups attached to an aromatic ring is 1. The van der Waals surface area contributed by atoms with Crippen LogP contribution in [0.4, 0.5) is 5.82 Å². The van der Waals surface area contributed by atoms with Gasteiger partial charge in [0.1, 0.15) is 11.6 Å². The molecule has 2 N–H and O–H groups in total. The average Bonchev–Trinajstić information content (AvgIpc) is 2.92. The van der Waals surface area contributed by atoms with Gasteiger partial charge < -0.3 is 10.5 Å². The summed E-state index contributed by atoms with van der Waals surface area (Å²) in [6, 6.07) is 7.98. The minimum absolute atomic E-state index is 0.557. The van der Waals surface area contributed by atoms with Gasteiger partial charge in [0.15, 0.2) is 5.82 Å². The van der Waals surface area contributed by atoms with Crippen LogP contribution in [0.1, 0.15) is 11.4 Å². The highest BCUT2D eigenvalue weighted by atomic mass is 32.1. The molecule has 0 saturated carbocycles. The number of anilines is 1. The predicted molar refractivity (Wildman–Crippen MR) is 75.7 cm³/mol. The van der Waals surface area contributed by atoms with Gasteiger partial charge in [-0.2, -0.15) is 4.52 Å². The molecule has 0 fully saturated rings. The van der Waals surface area contributed by atoms with E-state index in [1.165, 1.54) is 16.9 Å². The van der Waals surface area contributed by atoms with Gasteiger partial charge >= 0.3 is 0 Å². The molecule has 0 saturated heterocycles. The van der Waals surface area contributed by atoms with Crippen LogP contribution in [0, 0.1) is 6.92 Å². The van der Waals surface area contributed by atoms with E-state index in [-0.39, 0.29) is 0 Å². The molecule has 98 valence electrons. The van der Waals surface area contributed by atoms with Gasteiger partial charge in [0.25, 0.3) is 0 Å². The van der Waals surface area contributed by atoms with E-state index in [0.717, 1.165) is 16.5 Å². The first-order valence-electron chi connectivity index (χ1n) is 6.00. The van der Waals surface area contributed by atoms with E-state index in [2.05, 4.69) is 10.1 Å². The number of ether oxygens (including phenoxy) is 1. The predicted octanol–water partition coefficient (Wildman–Crippen LogP) is 2.30. The molecule has 1 aromatic carbocycles. The standard InChI is InChI=1S/C13H14N4OS/c1-9-3-2-4-10(7-9)18-6-5-12-15-13-17(16-12)11(14)8-19-13/h2-4,7-8H,5-6,14H2,1H3. The van der Waals surface area contributed by atoms with Crippen LogP contribution in [0.25, 0.3) is 4.96 Å². The molecule has 0 radical (unpaired) electrons. The third-order valence-corrected chi connectivity index (χ3v) is 3.57. The molecule has 2 heterocycles. The van der Waals surface area contributed by atoms with Crippen molar-refractivity contribution in [2.45, 2.75) is 13.3 Å². The molecule has 3 aromatic rings. The van der Waals surface area contributed by atoms with Crippen LogP contribution in [0.5, 0.6) is 5.75 Å². The molecule has 0 aliphatic carbocycles. The number of thiazole rings is 1. The summed E-state index contributed by atoms with van der Waals surface area (Å²) in [6.45, 7) is 2.60. The summed E-state index contributed by atoms with van der Waals surface area (Å²) in [5, 5.41) is 6.17. The molecule has 6 heteroatoms. The first-order valence-corrected chi connectivity index (χ1v) is 6.88. The maximum atomic E-state index is 5.77. The first-order chi connectivity index (χ1) is 9.22. The normalized spacial score (nSPS) is 11.0. The fourth-order valence-corrected chi connectivity index (χ4v) is 2.55. The molecule has 0 unspecified atom stereocenters. The van der Waals surface area contributed by atoms with Crippen LogP contribution in [0.15, 0.2) is 29.6 Å². The Balaban J connectivity index is 1.63. The largest absolute Gasteiger partial charge is 0.493 e. The van der Waals surface area contributed by atoms with Crippen molar-refractivity contribution >= 4 is 22.1 Å². The molecule has 0 spiro atoms. The number of nitrogens with two attached hydrogens (primary N) is 1. The molecule has 5 nitrogen and oxygen atoms in total. The maximum absolute atomic E-state index is 5.77. The van der Waals surface area contributed by atoms with E-state index in [9.17, 15) is 0 Å². The summed E-state index contributed by atoms with van der Waals surface area (Å²) in [5.41, 5.74) is 6.95. The van der Waals surface area contributed by atoms with Crippen molar-refractivity contribution in [3.05, 3.63) is 41.0 Å². The van der Waals surface area contributed by atoms with Crippen LogP contribution in [-0.4, -0.2) is 21.2 Å². The zero-order chi connectivity index (χ0) is 13.2. The van der Waals surface area contributed by atoms with Crippen LogP contribution in [-0.2, 0) is 6.42 Å². The van der Waals surface area contributed by atoms with Crippen molar-refractivity contribution in [1.82, 2.24) is 14.6 Å². The summed E-state index contributed by atoms with van der Waals surface area (Å²) in [4.78, 5) is 5.21. The van der Waals surface area contributed by atoms with Crippen molar-refractivity contribution < 1.29 is 4.74 Å². The number of rotatable bonds is 4. The van der Waals surface area contributed by atoms with Gasteiger partial charge in [-0.3, -0.25) is 0 Å². The number of fused-ring (bicyclic) bond motifs is 1. The van der Waals surface area contributed by atoms with Gasteiger partial charge in [0, 0.05) is 11.8 Å². The van der Waals surface area contributed by atoms with Gasteiger partial charge in [0.2, 0.25) is 4.96 Å². The zero-order valence-electron chi connectivity index (χ0n) is 10.5. The first kappa shape index (κ1) is 12.0. The quantitative estimate of drug-likeness (QED) is 0.793. The smallest absolute Gasteiger partial charge is 0.214 e. The fourth-order valence-electron chi connectivity index (χ4n) is 1.82. The molecule has 0 aliphatic heterocycles. The van der Waals surface area contributed by atoms with E-state index in [4.69, 9.17) is 10.5 Å². The van der Waals surface area contributed by atoms with Gasteiger partial charge in [-0.1, -0.05) is 12.1 Å². The molecule has 0 atom stereocenters. The molecule has 0 amide bonds. The van der Waals surface area contributed by atoms with Crippen LogP contribution in [0.2, 0.25) is 0 Å². The number of aryl methyl sites for hydroxylation is 1. The Morgan fingerprint density at radius 2 is 2.32 bits per heavy atom. The van der Waals surface area contributed by atoms with Crippen molar-refractivity contribution in [3.63, 3.8) is 0 Å². The molecule has 19 heavy (non-hydrogen) atoms. The van der Waals surface area contributed by atoms with Crippen LogP contribution in [0.3, 0.4) is 0 Å². The van der Waals surface area contributed by atoms with Gasteiger partial charge in [-0.05, 0) is 24.6 Å². The van der Waals surface area contributed by atoms with E-state index >= 15 is 0 Å². The maximum Gasteiger partial charge on any atom is 0.214 e. The molecular formula is C13H14N4OS. The summed E-state index contributed by atoms with van der Waals surface area (Å²) >= 11 is 1.49. The van der Waals surface area contributed by atoms with E-state index < -0.39 is 0 Å². The van der Waals surface area contributed by atoms with E-state index in [1.54, 1.807) is 4.52 Å². The Kier molecular flexibility index (Phi) is 3.08. The highest BCUT2D eigenvalue weighted by Gasteiger charge is 2.07.